The number of guanidine groups is 1. The van der Waals surface area contributed by atoms with Gasteiger partial charge in [0.15, 0.2) is 5.96 Å². The monoisotopic (exact) mass is 467 g/mol. The quantitative estimate of drug-likeness (QED) is 0.146. The lowest BCUT2D eigenvalue weighted by Crippen LogP contribution is -2.58. The predicted octanol–water partition coefficient (Wildman–Crippen LogP) is -1.43. The number of aliphatic imine (C=N–C) groups is 1. The molecule has 2 aliphatic rings. The number of carbonyl (C=O) groups excluding carboxylic acids is 3. The molecule has 33 heavy (non-hydrogen) atoms. The van der Waals surface area contributed by atoms with E-state index in [-0.39, 0.29) is 17.8 Å². The standard InChI is InChI=1S/C21H37N7O5/c1-12(2)16(19(31)28-11-5-8-15(28)20(32)33)26-17(29)14-7-4-10-27(14)18(30)13(22)6-3-9-25-21(23)24/h12-16H,3-11,22H2,1-2H3,(H,26,29)(H,32,33)(H4,23,24,25). The Morgan fingerprint density at radius 2 is 1.61 bits per heavy atom. The summed E-state index contributed by atoms with van der Waals surface area (Å²) in [5.74, 6) is -2.47. The van der Waals surface area contributed by atoms with E-state index in [4.69, 9.17) is 17.2 Å². The van der Waals surface area contributed by atoms with Gasteiger partial charge in [0.2, 0.25) is 17.7 Å². The summed E-state index contributed by atoms with van der Waals surface area (Å²) >= 11 is 0. The fourth-order valence-corrected chi connectivity index (χ4v) is 4.39. The Morgan fingerprint density at radius 1 is 1.03 bits per heavy atom. The second kappa shape index (κ2) is 11.8. The lowest BCUT2D eigenvalue weighted by molar-refractivity contribution is -0.150. The minimum atomic E-state index is -1.05. The van der Waals surface area contributed by atoms with E-state index in [2.05, 4.69) is 10.3 Å². The molecule has 4 atom stereocenters. The van der Waals surface area contributed by atoms with Crippen molar-refractivity contribution in [1.29, 1.82) is 0 Å². The summed E-state index contributed by atoms with van der Waals surface area (Å²) in [7, 11) is 0. The molecular formula is C21H37N7O5. The molecule has 0 aromatic rings. The van der Waals surface area contributed by atoms with E-state index >= 15 is 0 Å². The maximum atomic E-state index is 13.1. The highest BCUT2D eigenvalue weighted by molar-refractivity contribution is 5.94. The zero-order valence-electron chi connectivity index (χ0n) is 19.4. The number of likely N-dealkylation sites (tertiary alicyclic amines) is 2. The Kier molecular flexibility index (Phi) is 9.44. The minimum absolute atomic E-state index is 0.0240. The first-order chi connectivity index (χ1) is 15.5. The maximum Gasteiger partial charge on any atom is 0.326 e. The number of aliphatic carboxylic acids is 1. The number of nitrogens with zero attached hydrogens (tertiary/aromatic N) is 3. The molecule has 2 rings (SSSR count). The second-order valence-electron chi connectivity index (χ2n) is 9.00. The van der Waals surface area contributed by atoms with Crippen molar-refractivity contribution in [2.45, 2.75) is 76.5 Å². The molecule has 3 amide bonds. The molecule has 2 heterocycles. The molecule has 0 bridgehead atoms. The van der Waals surface area contributed by atoms with Crippen molar-refractivity contribution in [3.05, 3.63) is 0 Å². The van der Waals surface area contributed by atoms with Crippen molar-refractivity contribution in [2.75, 3.05) is 19.6 Å². The third-order valence-electron chi connectivity index (χ3n) is 6.17. The van der Waals surface area contributed by atoms with Crippen LogP contribution in [0.3, 0.4) is 0 Å². The first-order valence-corrected chi connectivity index (χ1v) is 11.5. The molecule has 2 saturated heterocycles. The van der Waals surface area contributed by atoms with Crippen LogP contribution >= 0.6 is 0 Å². The van der Waals surface area contributed by atoms with Crippen LogP contribution in [-0.2, 0) is 19.2 Å². The first kappa shape index (κ1) is 26.4. The van der Waals surface area contributed by atoms with Gasteiger partial charge in [0.1, 0.15) is 18.1 Å². The van der Waals surface area contributed by atoms with E-state index in [9.17, 15) is 24.3 Å². The Hall–Kier alpha value is -2.89. The van der Waals surface area contributed by atoms with Crippen LogP contribution in [0, 0.1) is 5.92 Å². The molecule has 0 aromatic heterocycles. The summed E-state index contributed by atoms with van der Waals surface area (Å²) in [5.41, 5.74) is 16.6. The number of hydrogen-bond acceptors (Lipinski definition) is 6. The van der Waals surface area contributed by atoms with Crippen molar-refractivity contribution in [3.8, 4) is 0 Å². The van der Waals surface area contributed by atoms with Gasteiger partial charge in [-0.05, 0) is 44.4 Å². The maximum absolute atomic E-state index is 13.1. The molecule has 0 spiro atoms. The third-order valence-corrected chi connectivity index (χ3v) is 6.17. The number of rotatable bonds is 10. The molecule has 4 unspecified atom stereocenters. The van der Waals surface area contributed by atoms with E-state index in [1.165, 1.54) is 9.80 Å². The van der Waals surface area contributed by atoms with Crippen LogP contribution in [0.15, 0.2) is 4.99 Å². The molecule has 2 aliphatic heterocycles. The molecule has 0 aliphatic carbocycles. The highest BCUT2D eigenvalue weighted by Gasteiger charge is 2.41. The summed E-state index contributed by atoms with van der Waals surface area (Å²) in [6.45, 7) is 4.69. The van der Waals surface area contributed by atoms with Gasteiger partial charge in [0.25, 0.3) is 0 Å². The van der Waals surface area contributed by atoms with Gasteiger partial charge < -0.3 is 37.4 Å². The average molecular weight is 468 g/mol. The first-order valence-electron chi connectivity index (χ1n) is 11.5. The summed E-state index contributed by atoms with van der Waals surface area (Å²) in [5, 5.41) is 12.2. The molecule has 8 N–H and O–H groups in total. The normalized spacial score (nSPS) is 22.2. The fourth-order valence-electron chi connectivity index (χ4n) is 4.39. The predicted molar refractivity (Wildman–Crippen MR) is 122 cm³/mol. The van der Waals surface area contributed by atoms with E-state index in [0.29, 0.717) is 58.2 Å². The smallest absolute Gasteiger partial charge is 0.326 e. The van der Waals surface area contributed by atoms with Crippen LogP contribution in [-0.4, -0.2) is 88.4 Å². The van der Waals surface area contributed by atoms with Gasteiger partial charge in [-0.3, -0.25) is 19.4 Å². The second-order valence-corrected chi connectivity index (χ2v) is 9.00. The van der Waals surface area contributed by atoms with Crippen LogP contribution in [0.25, 0.3) is 0 Å². The van der Waals surface area contributed by atoms with Gasteiger partial charge in [-0.2, -0.15) is 0 Å². The number of nitrogens with one attached hydrogen (secondary N) is 1. The molecule has 2 fully saturated rings. The van der Waals surface area contributed by atoms with Crippen molar-refractivity contribution in [3.63, 3.8) is 0 Å². The van der Waals surface area contributed by atoms with Gasteiger partial charge in [-0.25, -0.2) is 4.79 Å². The summed E-state index contributed by atoms with van der Waals surface area (Å²) in [4.78, 5) is 57.2. The van der Waals surface area contributed by atoms with E-state index < -0.39 is 42.0 Å². The SMILES string of the molecule is CC(C)C(NC(=O)C1CCCN1C(=O)C(N)CCCN=C(N)N)C(=O)N1CCCC1C(=O)O. The van der Waals surface area contributed by atoms with Gasteiger partial charge in [-0.1, -0.05) is 13.8 Å². The molecule has 12 heteroatoms. The van der Waals surface area contributed by atoms with Crippen LogP contribution < -0.4 is 22.5 Å². The molecule has 186 valence electrons. The number of nitrogens with two attached hydrogens (primary N) is 3. The molecule has 0 saturated carbocycles. The minimum Gasteiger partial charge on any atom is -0.480 e. The number of carboxylic acids is 1. The van der Waals surface area contributed by atoms with Crippen molar-refractivity contribution in [2.24, 2.45) is 28.1 Å². The highest BCUT2D eigenvalue weighted by atomic mass is 16.4. The van der Waals surface area contributed by atoms with Crippen molar-refractivity contribution >= 4 is 29.7 Å². The van der Waals surface area contributed by atoms with E-state index in [1.807, 2.05) is 0 Å². The van der Waals surface area contributed by atoms with Crippen LogP contribution in [0.4, 0.5) is 0 Å². The summed E-state index contributed by atoms with van der Waals surface area (Å²) < 4.78 is 0. The molecule has 0 radical (unpaired) electrons. The van der Waals surface area contributed by atoms with Gasteiger partial charge in [-0.15, -0.1) is 0 Å². The van der Waals surface area contributed by atoms with Crippen molar-refractivity contribution < 1.29 is 24.3 Å². The Morgan fingerprint density at radius 3 is 2.15 bits per heavy atom. The third kappa shape index (κ3) is 6.80. The summed E-state index contributed by atoms with van der Waals surface area (Å²) in [6, 6.07) is -3.25. The number of amides is 3. The number of carboxylic acid groups (broad SMARTS) is 1. The lowest BCUT2D eigenvalue weighted by atomic mass is 10.0. The summed E-state index contributed by atoms with van der Waals surface area (Å²) in [6.07, 6.45) is 3.02. The number of hydrogen-bond donors (Lipinski definition) is 5. The van der Waals surface area contributed by atoms with E-state index in [0.717, 1.165) is 0 Å². The van der Waals surface area contributed by atoms with Crippen LogP contribution in [0.5, 0.6) is 0 Å². The highest BCUT2D eigenvalue weighted by Crippen LogP contribution is 2.22. The zero-order chi connectivity index (χ0) is 24.7. The zero-order valence-corrected chi connectivity index (χ0v) is 19.4. The molecular weight excluding hydrogens is 430 g/mol. The average Bonchev–Trinajstić information content (AvgIpc) is 3.43. The van der Waals surface area contributed by atoms with Crippen LogP contribution in [0.1, 0.15) is 52.4 Å². The lowest BCUT2D eigenvalue weighted by Gasteiger charge is -2.32. The fraction of sp³-hybridized carbons (Fsp3) is 0.762. The van der Waals surface area contributed by atoms with Gasteiger partial charge >= 0.3 is 5.97 Å². The molecule has 0 aromatic carbocycles. The largest absolute Gasteiger partial charge is 0.480 e. The number of carbonyl (C=O) groups is 4. The van der Waals surface area contributed by atoms with Gasteiger partial charge in [0.05, 0.1) is 6.04 Å². The van der Waals surface area contributed by atoms with Crippen LogP contribution in [0.2, 0.25) is 0 Å². The molecule has 12 nitrogen and oxygen atoms in total. The Bertz CT molecular complexity index is 768. The topological polar surface area (TPSA) is 197 Å². The van der Waals surface area contributed by atoms with E-state index in [1.54, 1.807) is 13.8 Å². The van der Waals surface area contributed by atoms with Gasteiger partial charge in [0, 0.05) is 19.6 Å². The Labute approximate surface area is 193 Å². The van der Waals surface area contributed by atoms with Crippen molar-refractivity contribution in [1.82, 2.24) is 15.1 Å². The Balaban J connectivity index is 2.02.